The van der Waals surface area contributed by atoms with Crippen LogP contribution in [0.3, 0.4) is 0 Å². The van der Waals surface area contributed by atoms with Crippen molar-refractivity contribution < 1.29 is 13.9 Å². The minimum atomic E-state index is -2.51. The van der Waals surface area contributed by atoms with E-state index >= 15 is 0 Å². The number of carbonyl (C=O) groups is 1. The van der Waals surface area contributed by atoms with Gasteiger partial charge in [0.25, 0.3) is 5.91 Å². The van der Waals surface area contributed by atoms with Gasteiger partial charge in [-0.15, -0.1) is 11.3 Å². The Labute approximate surface area is 151 Å². The Balaban J connectivity index is 1.88. The molecule has 0 radical (unpaired) electrons. The Morgan fingerprint density at radius 1 is 1.36 bits per heavy atom. The van der Waals surface area contributed by atoms with Gasteiger partial charge in [-0.05, 0) is 47.5 Å². The lowest BCUT2D eigenvalue weighted by Gasteiger charge is -2.40. The van der Waals surface area contributed by atoms with Gasteiger partial charge in [0.15, 0.2) is 0 Å². The topological polar surface area (TPSA) is 99.3 Å². The maximum absolute atomic E-state index is 12.0. The van der Waals surface area contributed by atoms with Gasteiger partial charge in [-0.1, -0.05) is 6.07 Å². The summed E-state index contributed by atoms with van der Waals surface area (Å²) in [5, 5.41) is 2.94. The number of thiophene rings is 1. The van der Waals surface area contributed by atoms with Gasteiger partial charge in [0.2, 0.25) is 0 Å². The van der Waals surface area contributed by atoms with Gasteiger partial charge >= 0.3 is 0 Å². The molecule has 1 aliphatic heterocycles. The second-order valence-corrected chi connectivity index (χ2v) is 9.84. The molecule has 0 bridgehead atoms. The largest absolute Gasteiger partial charge is 0.366 e. The molecule has 1 aliphatic rings. The monoisotopic (exact) mass is 376 g/mol. The lowest BCUT2D eigenvalue weighted by Crippen LogP contribution is -2.20. The first-order valence-corrected chi connectivity index (χ1v) is 10.9. The summed E-state index contributed by atoms with van der Waals surface area (Å²) in [4.78, 5) is 16.2. The average Bonchev–Trinajstić information content (AvgIpc) is 3.22. The van der Waals surface area contributed by atoms with E-state index in [9.17, 15) is 13.9 Å². The Bertz CT molecular complexity index is 931. The van der Waals surface area contributed by atoms with Crippen LogP contribution < -0.4 is 5.73 Å². The number of fused-ring (bicyclic) bond motifs is 1. The first-order chi connectivity index (χ1) is 11.9. The van der Waals surface area contributed by atoms with Gasteiger partial charge in [-0.3, -0.25) is 13.9 Å². The van der Waals surface area contributed by atoms with Gasteiger partial charge in [-0.25, -0.2) is 0 Å². The number of primary amides is 1. The standard InChI is InChI=1S/C18H20N2O3S2/c19-18(21)14-8-12(16-4-1-5-24-16)7-13-15(9-20-17(13)14)11-3-2-6-25(22,23)10-11/h1,4-5,7-9,11,20,22-23H,2-3,6,10H2,(H2,19,21). The van der Waals surface area contributed by atoms with Gasteiger partial charge in [-0.2, -0.15) is 10.6 Å². The van der Waals surface area contributed by atoms with Crippen molar-refractivity contribution >= 4 is 38.7 Å². The summed E-state index contributed by atoms with van der Waals surface area (Å²) in [6.07, 6.45) is 3.60. The van der Waals surface area contributed by atoms with E-state index in [1.807, 2.05) is 29.8 Å². The van der Waals surface area contributed by atoms with Gasteiger partial charge in [0.05, 0.1) is 11.1 Å². The first-order valence-electron chi connectivity index (χ1n) is 8.17. The van der Waals surface area contributed by atoms with Crippen molar-refractivity contribution in [2.24, 2.45) is 5.73 Å². The molecule has 5 nitrogen and oxygen atoms in total. The Morgan fingerprint density at radius 3 is 2.88 bits per heavy atom. The molecule has 0 aliphatic carbocycles. The predicted octanol–water partition coefficient (Wildman–Crippen LogP) is 4.62. The van der Waals surface area contributed by atoms with Gasteiger partial charge in [0.1, 0.15) is 0 Å². The van der Waals surface area contributed by atoms with E-state index < -0.39 is 16.5 Å². The molecule has 2 aromatic heterocycles. The fourth-order valence-electron chi connectivity index (χ4n) is 3.67. The minimum absolute atomic E-state index is 0.0758. The SMILES string of the molecule is NC(=O)c1cc(-c2cccs2)cc2c(C3CCCS(O)(O)C3)c[nH]c12. The van der Waals surface area contributed by atoms with Crippen LogP contribution >= 0.6 is 21.9 Å². The van der Waals surface area contributed by atoms with Crippen LogP contribution in [0, 0.1) is 0 Å². The molecule has 0 spiro atoms. The van der Waals surface area contributed by atoms with Crippen molar-refractivity contribution in [3.05, 3.63) is 47.0 Å². The van der Waals surface area contributed by atoms with Crippen molar-refractivity contribution in [2.45, 2.75) is 18.8 Å². The molecule has 7 heteroatoms. The number of aromatic amines is 1. The molecule has 25 heavy (non-hydrogen) atoms. The molecule has 3 heterocycles. The number of nitrogens with two attached hydrogens (primary N) is 1. The molecule has 1 amide bonds. The highest BCUT2D eigenvalue weighted by molar-refractivity contribution is 8.24. The predicted molar refractivity (Wildman–Crippen MR) is 105 cm³/mol. The summed E-state index contributed by atoms with van der Waals surface area (Å²) in [5.41, 5.74) is 8.79. The lowest BCUT2D eigenvalue weighted by atomic mass is 9.93. The second-order valence-electron chi connectivity index (χ2n) is 6.54. The maximum Gasteiger partial charge on any atom is 0.250 e. The van der Waals surface area contributed by atoms with E-state index in [4.69, 9.17) is 5.73 Å². The molecule has 4 rings (SSSR count). The van der Waals surface area contributed by atoms with Crippen LogP contribution in [0.5, 0.6) is 0 Å². The molecule has 1 aromatic carbocycles. The van der Waals surface area contributed by atoms with E-state index in [1.165, 1.54) is 0 Å². The normalized spacial score (nSPS) is 21.3. The number of amides is 1. The summed E-state index contributed by atoms with van der Waals surface area (Å²) in [6.45, 7) is 0. The maximum atomic E-state index is 12.0. The summed E-state index contributed by atoms with van der Waals surface area (Å²) in [5.74, 6) is 0.477. The molecular weight excluding hydrogens is 356 g/mol. The molecule has 1 saturated heterocycles. The van der Waals surface area contributed by atoms with Crippen LogP contribution in [-0.4, -0.2) is 31.5 Å². The minimum Gasteiger partial charge on any atom is -0.366 e. The van der Waals surface area contributed by atoms with Gasteiger partial charge < -0.3 is 10.7 Å². The zero-order chi connectivity index (χ0) is 17.6. The average molecular weight is 377 g/mol. The smallest absolute Gasteiger partial charge is 0.250 e. The number of hydrogen-bond donors (Lipinski definition) is 4. The molecule has 132 valence electrons. The van der Waals surface area contributed by atoms with Crippen LogP contribution in [-0.2, 0) is 0 Å². The molecule has 1 atom stereocenters. The zero-order valence-electron chi connectivity index (χ0n) is 13.6. The number of H-pyrrole nitrogens is 1. The van der Waals surface area contributed by atoms with Crippen LogP contribution in [0.25, 0.3) is 21.3 Å². The summed E-state index contributed by atoms with van der Waals surface area (Å²) in [6, 6.07) is 7.88. The van der Waals surface area contributed by atoms with E-state index in [-0.39, 0.29) is 5.92 Å². The van der Waals surface area contributed by atoms with Crippen LogP contribution in [0.2, 0.25) is 0 Å². The van der Waals surface area contributed by atoms with Crippen molar-refractivity contribution in [1.82, 2.24) is 4.98 Å². The molecule has 5 N–H and O–H groups in total. The van der Waals surface area contributed by atoms with Crippen molar-refractivity contribution in [3.63, 3.8) is 0 Å². The molecule has 3 aromatic rings. The number of hydrogen-bond acceptors (Lipinski definition) is 4. The molecule has 1 fully saturated rings. The lowest BCUT2D eigenvalue weighted by molar-refractivity contribution is 0.100. The molecule has 0 saturated carbocycles. The highest BCUT2D eigenvalue weighted by atomic mass is 32.3. The quantitative estimate of drug-likeness (QED) is 0.536. The van der Waals surface area contributed by atoms with E-state index in [1.54, 1.807) is 11.3 Å². The Kier molecular flexibility index (Phi) is 4.11. The zero-order valence-corrected chi connectivity index (χ0v) is 15.2. The molecule has 1 unspecified atom stereocenters. The molecular formula is C18H20N2O3S2. The van der Waals surface area contributed by atoms with Crippen molar-refractivity contribution in [2.75, 3.05) is 11.5 Å². The number of carbonyl (C=O) groups excluding carboxylic acids is 1. The second kappa shape index (κ2) is 6.17. The van der Waals surface area contributed by atoms with Crippen molar-refractivity contribution in [3.8, 4) is 10.4 Å². The Morgan fingerprint density at radius 2 is 2.20 bits per heavy atom. The third-order valence-electron chi connectivity index (χ3n) is 4.82. The number of nitrogens with one attached hydrogen (secondary N) is 1. The number of benzene rings is 1. The summed E-state index contributed by atoms with van der Waals surface area (Å²) < 4.78 is 20.2. The fourth-order valence-corrected chi connectivity index (χ4v) is 6.17. The van der Waals surface area contributed by atoms with E-state index in [2.05, 4.69) is 11.1 Å². The van der Waals surface area contributed by atoms with Crippen LogP contribution in [0.4, 0.5) is 0 Å². The number of rotatable bonds is 3. The first kappa shape index (κ1) is 16.7. The third-order valence-corrected chi connectivity index (χ3v) is 7.62. The summed E-state index contributed by atoms with van der Waals surface area (Å²) >= 11 is 1.61. The van der Waals surface area contributed by atoms with Crippen LogP contribution in [0.1, 0.15) is 34.7 Å². The fraction of sp³-hybridized carbons (Fsp3) is 0.278. The highest BCUT2D eigenvalue weighted by Crippen LogP contribution is 2.50. The van der Waals surface area contributed by atoms with Gasteiger partial charge in [0, 0.05) is 33.9 Å². The van der Waals surface area contributed by atoms with Crippen LogP contribution in [0.15, 0.2) is 35.8 Å². The highest BCUT2D eigenvalue weighted by Gasteiger charge is 2.28. The number of aromatic nitrogens is 1. The van der Waals surface area contributed by atoms with Crippen molar-refractivity contribution in [1.29, 1.82) is 0 Å². The third kappa shape index (κ3) is 3.08. The van der Waals surface area contributed by atoms with E-state index in [0.29, 0.717) is 17.1 Å². The summed E-state index contributed by atoms with van der Waals surface area (Å²) in [7, 11) is -2.51. The van der Waals surface area contributed by atoms with E-state index in [0.717, 1.165) is 39.7 Å². The Hall–Kier alpha value is -1.80.